The van der Waals surface area contributed by atoms with Crippen LogP contribution >= 0.6 is 0 Å². The van der Waals surface area contributed by atoms with E-state index in [4.69, 9.17) is 0 Å². The molecule has 0 radical (unpaired) electrons. The van der Waals surface area contributed by atoms with Crippen LogP contribution in [0.2, 0.25) is 0 Å². The number of allylic oxidation sites excluding steroid dienone is 1. The summed E-state index contributed by atoms with van der Waals surface area (Å²) in [6.45, 7) is 10.9. The van der Waals surface area contributed by atoms with Crippen molar-refractivity contribution in [2.75, 3.05) is 13.1 Å². The normalized spacial score (nSPS) is 14.6. The van der Waals surface area contributed by atoms with Crippen LogP contribution in [0.4, 0.5) is 0 Å². The quantitative estimate of drug-likeness (QED) is 0.545. The molecule has 3 aromatic rings. The molecule has 1 fully saturated rings. The van der Waals surface area contributed by atoms with Crippen LogP contribution < -0.4 is 0 Å². The maximum absolute atomic E-state index is 3.70. The highest BCUT2D eigenvalue weighted by atomic mass is 15.1. The van der Waals surface area contributed by atoms with Gasteiger partial charge in [-0.1, -0.05) is 60.5 Å². The summed E-state index contributed by atoms with van der Waals surface area (Å²) >= 11 is 0. The topological polar surface area (TPSA) is 19.0 Å². The van der Waals surface area contributed by atoms with Gasteiger partial charge in [0.15, 0.2) is 0 Å². The molecule has 142 valence electrons. The van der Waals surface area contributed by atoms with Gasteiger partial charge in [0.1, 0.15) is 0 Å². The first-order valence-corrected chi connectivity index (χ1v) is 10.1. The number of likely N-dealkylation sites (tertiary alicyclic amines) is 1. The minimum atomic E-state index is 1.01. The molecule has 0 spiro atoms. The second-order valence-electron chi connectivity index (χ2n) is 7.54. The van der Waals surface area contributed by atoms with Crippen molar-refractivity contribution >= 4 is 10.9 Å². The Morgan fingerprint density at radius 1 is 1.00 bits per heavy atom. The summed E-state index contributed by atoms with van der Waals surface area (Å²) in [6.07, 6.45) is 6.83. The summed E-state index contributed by atoms with van der Waals surface area (Å²) in [5, 5.41) is 1.38. The van der Waals surface area contributed by atoms with E-state index >= 15 is 0 Å². The molecule has 0 bridgehead atoms. The van der Waals surface area contributed by atoms with Crippen LogP contribution in [-0.2, 0) is 13.0 Å². The molecule has 1 N–H and O–H groups in total. The number of hydrogen-bond donors (Lipinski definition) is 1. The molecule has 2 heterocycles. The zero-order chi connectivity index (χ0) is 19.1. The third kappa shape index (κ3) is 5.11. The van der Waals surface area contributed by atoms with Crippen molar-refractivity contribution in [3.63, 3.8) is 0 Å². The Hall–Kier alpha value is -2.32. The van der Waals surface area contributed by atoms with Gasteiger partial charge in [0.05, 0.1) is 0 Å². The number of piperidine rings is 1. The average molecular weight is 361 g/mol. The van der Waals surface area contributed by atoms with Gasteiger partial charge < -0.3 is 4.98 Å². The Bertz CT molecular complexity index is 852. The van der Waals surface area contributed by atoms with Crippen LogP contribution in [0.1, 0.15) is 48.6 Å². The Morgan fingerprint density at radius 3 is 2.37 bits per heavy atom. The number of rotatable bonds is 4. The van der Waals surface area contributed by atoms with E-state index < -0.39 is 0 Å². The van der Waals surface area contributed by atoms with Gasteiger partial charge in [0, 0.05) is 23.1 Å². The van der Waals surface area contributed by atoms with E-state index in [9.17, 15) is 0 Å². The number of nitrogens with zero attached hydrogens (tertiary/aromatic N) is 1. The number of hydrogen-bond acceptors (Lipinski definition) is 1. The highest BCUT2D eigenvalue weighted by molar-refractivity contribution is 5.85. The molecule has 1 aliphatic rings. The SMILES string of the molecule is C=CC.Cc1ccc(Cc2c(CN3CCCCC3)[nH]c3ccccc23)cc1. The number of fused-ring (bicyclic) bond motifs is 1. The first kappa shape index (κ1) is 19.4. The second-order valence-corrected chi connectivity index (χ2v) is 7.54. The molecule has 2 aromatic carbocycles. The van der Waals surface area contributed by atoms with Gasteiger partial charge in [0.2, 0.25) is 0 Å². The minimum absolute atomic E-state index is 1.01. The fourth-order valence-electron chi connectivity index (χ4n) is 3.84. The van der Waals surface area contributed by atoms with E-state index in [0.29, 0.717) is 0 Å². The summed E-state index contributed by atoms with van der Waals surface area (Å²) in [5.41, 5.74) is 6.86. The van der Waals surface area contributed by atoms with E-state index in [-0.39, 0.29) is 0 Å². The van der Waals surface area contributed by atoms with Gasteiger partial charge in [-0.2, -0.15) is 0 Å². The molecule has 2 heteroatoms. The average Bonchev–Trinajstić information content (AvgIpc) is 3.02. The number of aromatic amines is 1. The number of aryl methyl sites for hydroxylation is 1. The van der Waals surface area contributed by atoms with Gasteiger partial charge in [-0.05, 0) is 63.4 Å². The van der Waals surface area contributed by atoms with Crippen molar-refractivity contribution in [3.05, 3.63) is 83.6 Å². The summed E-state index contributed by atoms with van der Waals surface area (Å²) in [7, 11) is 0. The standard InChI is InChI=1S/C22H26N2.C3H6/c1-17-9-11-18(12-10-17)15-20-19-7-3-4-8-21(19)23-22(20)16-24-13-5-2-6-14-24;1-3-2/h3-4,7-12,23H,2,5-6,13-16H2,1H3;3H,1H2,2H3. The van der Waals surface area contributed by atoms with E-state index in [1.807, 2.05) is 6.92 Å². The molecule has 0 unspecified atom stereocenters. The van der Waals surface area contributed by atoms with Crippen molar-refractivity contribution in [2.45, 2.75) is 46.1 Å². The Morgan fingerprint density at radius 2 is 1.67 bits per heavy atom. The first-order chi connectivity index (χ1) is 13.2. The molecule has 0 atom stereocenters. The van der Waals surface area contributed by atoms with E-state index in [0.717, 1.165) is 13.0 Å². The molecule has 4 rings (SSSR count). The molecule has 27 heavy (non-hydrogen) atoms. The van der Waals surface area contributed by atoms with Gasteiger partial charge in [0.25, 0.3) is 0 Å². The van der Waals surface area contributed by atoms with Crippen LogP contribution in [0.15, 0.2) is 61.2 Å². The molecule has 2 nitrogen and oxygen atoms in total. The van der Waals surface area contributed by atoms with Crippen LogP contribution in [0.3, 0.4) is 0 Å². The van der Waals surface area contributed by atoms with Crippen molar-refractivity contribution in [1.29, 1.82) is 0 Å². The molecule has 1 aliphatic heterocycles. The Balaban J connectivity index is 0.000000659. The number of benzene rings is 2. The smallest absolute Gasteiger partial charge is 0.0459 e. The number of aromatic nitrogens is 1. The monoisotopic (exact) mass is 360 g/mol. The highest BCUT2D eigenvalue weighted by Crippen LogP contribution is 2.27. The minimum Gasteiger partial charge on any atom is -0.357 e. The van der Waals surface area contributed by atoms with Gasteiger partial charge in [-0.3, -0.25) is 4.90 Å². The lowest BCUT2D eigenvalue weighted by Gasteiger charge is -2.26. The van der Waals surface area contributed by atoms with Gasteiger partial charge >= 0.3 is 0 Å². The molecular formula is C25H32N2. The maximum atomic E-state index is 3.70. The predicted octanol–water partition coefficient (Wildman–Crippen LogP) is 6.25. The lowest BCUT2D eigenvalue weighted by Crippen LogP contribution is -2.29. The summed E-state index contributed by atoms with van der Waals surface area (Å²) < 4.78 is 0. The number of para-hydroxylation sites is 1. The number of nitrogens with one attached hydrogen (secondary N) is 1. The predicted molar refractivity (Wildman–Crippen MR) is 117 cm³/mol. The zero-order valence-corrected chi connectivity index (χ0v) is 16.8. The number of H-pyrrole nitrogens is 1. The third-order valence-electron chi connectivity index (χ3n) is 5.23. The fourth-order valence-corrected chi connectivity index (χ4v) is 3.84. The van der Waals surface area contributed by atoms with E-state index in [1.54, 1.807) is 6.08 Å². The fraction of sp³-hybridized carbons (Fsp3) is 0.360. The van der Waals surface area contributed by atoms with Gasteiger partial charge in [-0.25, -0.2) is 0 Å². The largest absolute Gasteiger partial charge is 0.357 e. The molecule has 0 aliphatic carbocycles. The molecule has 1 aromatic heterocycles. The van der Waals surface area contributed by atoms with Crippen molar-refractivity contribution < 1.29 is 0 Å². The zero-order valence-electron chi connectivity index (χ0n) is 16.8. The summed E-state index contributed by atoms with van der Waals surface area (Å²) in [5.74, 6) is 0. The Kier molecular flexibility index (Phi) is 6.89. The maximum Gasteiger partial charge on any atom is 0.0459 e. The summed E-state index contributed by atoms with van der Waals surface area (Å²) in [6, 6.07) is 17.7. The van der Waals surface area contributed by atoms with Crippen molar-refractivity contribution in [3.8, 4) is 0 Å². The molecule has 0 amide bonds. The lowest BCUT2D eigenvalue weighted by atomic mass is 10.00. The highest BCUT2D eigenvalue weighted by Gasteiger charge is 2.16. The van der Waals surface area contributed by atoms with E-state index in [1.165, 1.54) is 65.6 Å². The van der Waals surface area contributed by atoms with Crippen molar-refractivity contribution in [1.82, 2.24) is 9.88 Å². The third-order valence-corrected chi connectivity index (χ3v) is 5.23. The molecular weight excluding hydrogens is 328 g/mol. The lowest BCUT2D eigenvalue weighted by molar-refractivity contribution is 0.218. The van der Waals surface area contributed by atoms with Crippen molar-refractivity contribution in [2.24, 2.45) is 0 Å². The van der Waals surface area contributed by atoms with Crippen LogP contribution in [0.5, 0.6) is 0 Å². The second kappa shape index (κ2) is 9.57. The van der Waals surface area contributed by atoms with E-state index in [2.05, 4.69) is 71.9 Å². The molecule has 0 saturated carbocycles. The molecule has 1 saturated heterocycles. The van der Waals surface area contributed by atoms with Crippen LogP contribution in [-0.4, -0.2) is 23.0 Å². The first-order valence-electron chi connectivity index (χ1n) is 10.1. The van der Waals surface area contributed by atoms with Crippen LogP contribution in [0.25, 0.3) is 10.9 Å². The summed E-state index contributed by atoms with van der Waals surface area (Å²) in [4.78, 5) is 6.31. The van der Waals surface area contributed by atoms with Gasteiger partial charge in [-0.15, -0.1) is 6.58 Å². The Labute approximate surface area is 163 Å². The van der Waals surface area contributed by atoms with Crippen LogP contribution in [0, 0.1) is 6.92 Å².